The van der Waals surface area contributed by atoms with Gasteiger partial charge in [-0.05, 0) is 49.3 Å². The predicted molar refractivity (Wildman–Crippen MR) is 102 cm³/mol. The SMILES string of the molecule is CCC1(CC)CC[C@H](C(=O)OC)[C@@H]1c1cc(OCOC)ccc1OCOC. The third-order valence-electron chi connectivity index (χ3n) is 5.92. The molecule has 0 N–H and O–H groups in total. The molecule has 0 spiro atoms. The lowest BCUT2D eigenvalue weighted by Crippen LogP contribution is -2.30. The van der Waals surface area contributed by atoms with Crippen molar-refractivity contribution in [1.82, 2.24) is 0 Å². The van der Waals surface area contributed by atoms with Gasteiger partial charge in [-0.15, -0.1) is 0 Å². The highest BCUT2D eigenvalue weighted by Crippen LogP contribution is 2.58. The maximum atomic E-state index is 12.6. The Kier molecular flexibility index (Phi) is 7.92. The number of ether oxygens (including phenoxy) is 5. The van der Waals surface area contributed by atoms with E-state index in [9.17, 15) is 4.79 Å². The van der Waals surface area contributed by atoms with Gasteiger partial charge in [0, 0.05) is 25.7 Å². The number of carbonyl (C=O) groups is 1. The standard InChI is InChI=1S/C21H32O6/c1-6-21(7-2)11-10-16(20(22)25-5)19(21)17-12-15(26-13-23-3)8-9-18(17)27-14-24-4/h8-9,12,16,19H,6-7,10-11,13-14H2,1-5H3/t16-,19+/m0/s1. The second kappa shape index (κ2) is 9.95. The van der Waals surface area contributed by atoms with E-state index in [4.69, 9.17) is 23.7 Å². The Morgan fingerprint density at radius 1 is 1.07 bits per heavy atom. The quantitative estimate of drug-likeness (QED) is 0.449. The molecular formula is C21H32O6. The number of carbonyl (C=O) groups excluding carboxylic acids is 1. The Hall–Kier alpha value is -1.79. The number of hydrogen-bond donors (Lipinski definition) is 0. The average molecular weight is 380 g/mol. The summed E-state index contributed by atoms with van der Waals surface area (Å²) >= 11 is 0. The fraction of sp³-hybridized carbons (Fsp3) is 0.667. The Balaban J connectivity index is 2.53. The molecule has 1 aliphatic carbocycles. The zero-order chi connectivity index (χ0) is 19.9. The van der Waals surface area contributed by atoms with Crippen LogP contribution in [0.1, 0.15) is 51.0 Å². The lowest BCUT2D eigenvalue weighted by atomic mass is 9.68. The summed E-state index contributed by atoms with van der Waals surface area (Å²) in [6.45, 7) is 4.69. The van der Waals surface area contributed by atoms with Crippen molar-refractivity contribution in [2.45, 2.75) is 45.4 Å². The van der Waals surface area contributed by atoms with Crippen LogP contribution in [0.5, 0.6) is 11.5 Å². The first-order chi connectivity index (χ1) is 13.1. The van der Waals surface area contributed by atoms with Gasteiger partial charge in [0.15, 0.2) is 13.6 Å². The van der Waals surface area contributed by atoms with E-state index in [1.54, 1.807) is 14.2 Å². The first-order valence-corrected chi connectivity index (χ1v) is 9.52. The summed E-state index contributed by atoms with van der Waals surface area (Å²) in [5.74, 6) is 1.04. The van der Waals surface area contributed by atoms with E-state index in [-0.39, 0.29) is 36.8 Å². The van der Waals surface area contributed by atoms with Gasteiger partial charge in [0.1, 0.15) is 11.5 Å². The minimum absolute atomic E-state index is 0.00194. The molecule has 0 heterocycles. The molecule has 2 rings (SSSR count). The summed E-state index contributed by atoms with van der Waals surface area (Å²) in [5, 5.41) is 0. The number of benzene rings is 1. The molecule has 152 valence electrons. The van der Waals surface area contributed by atoms with Crippen molar-refractivity contribution in [3.05, 3.63) is 23.8 Å². The molecule has 0 amide bonds. The van der Waals surface area contributed by atoms with Crippen LogP contribution in [-0.2, 0) is 19.0 Å². The molecule has 1 aromatic carbocycles. The number of hydrogen-bond acceptors (Lipinski definition) is 6. The van der Waals surface area contributed by atoms with Crippen molar-refractivity contribution in [1.29, 1.82) is 0 Å². The first-order valence-electron chi connectivity index (χ1n) is 9.52. The van der Waals surface area contributed by atoms with Gasteiger partial charge in [0.05, 0.1) is 13.0 Å². The maximum Gasteiger partial charge on any atom is 0.309 e. The molecule has 0 bridgehead atoms. The normalized spacial score (nSPS) is 21.1. The average Bonchev–Trinajstić information content (AvgIpc) is 3.10. The van der Waals surface area contributed by atoms with Gasteiger partial charge < -0.3 is 23.7 Å². The first kappa shape index (κ1) is 21.5. The summed E-state index contributed by atoms with van der Waals surface area (Å²) in [7, 11) is 4.63. The molecule has 6 heteroatoms. The molecule has 1 fully saturated rings. The Morgan fingerprint density at radius 2 is 1.74 bits per heavy atom. The van der Waals surface area contributed by atoms with Gasteiger partial charge in [-0.3, -0.25) is 4.79 Å². The monoisotopic (exact) mass is 380 g/mol. The van der Waals surface area contributed by atoms with Crippen molar-refractivity contribution in [3.63, 3.8) is 0 Å². The molecule has 0 aliphatic heterocycles. The molecule has 0 aromatic heterocycles. The highest BCUT2D eigenvalue weighted by Gasteiger charge is 2.51. The third kappa shape index (κ3) is 4.55. The van der Waals surface area contributed by atoms with Crippen LogP contribution in [0.25, 0.3) is 0 Å². The summed E-state index contributed by atoms with van der Waals surface area (Å²) in [6.07, 6.45) is 3.76. The lowest BCUT2D eigenvalue weighted by Gasteiger charge is -2.36. The number of rotatable bonds is 10. The number of methoxy groups -OCH3 is 3. The van der Waals surface area contributed by atoms with Crippen molar-refractivity contribution in [3.8, 4) is 11.5 Å². The second-order valence-corrected chi connectivity index (χ2v) is 7.02. The van der Waals surface area contributed by atoms with Crippen molar-refractivity contribution < 1.29 is 28.5 Å². The van der Waals surface area contributed by atoms with E-state index < -0.39 is 0 Å². The zero-order valence-electron chi connectivity index (χ0n) is 17.1. The van der Waals surface area contributed by atoms with Crippen molar-refractivity contribution >= 4 is 5.97 Å². The Labute approximate surface area is 162 Å². The van der Waals surface area contributed by atoms with Crippen LogP contribution in [0.2, 0.25) is 0 Å². The molecule has 1 aromatic rings. The largest absolute Gasteiger partial charge is 0.469 e. The molecule has 1 saturated carbocycles. The van der Waals surface area contributed by atoms with Gasteiger partial charge in [-0.1, -0.05) is 13.8 Å². The van der Waals surface area contributed by atoms with Crippen LogP contribution in [0.3, 0.4) is 0 Å². The van der Waals surface area contributed by atoms with E-state index in [0.29, 0.717) is 11.5 Å². The molecule has 2 atom stereocenters. The predicted octanol–water partition coefficient (Wildman–Crippen LogP) is 4.13. The van der Waals surface area contributed by atoms with Gasteiger partial charge in [-0.25, -0.2) is 0 Å². The van der Waals surface area contributed by atoms with Gasteiger partial charge in [0.25, 0.3) is 0 Å². The molecule has 0 unspecified atom stereocenters. The van der Waals surface area contributed by atoms with E-state index in [0.717, 1.165) is 31.2 Å². The topological polar surface area (TPSA) is 63.2 Å². The highest BCUT2D eigenvalue weighted by molar-refractivity contribution is 5.75. The van der Waals surface area contributed by atoms with Crippen LogP contribution >= 0.6 is 0 Å². The van der Waals surface area contributed by atoms with E-state index in [1.807, 2.05) is 18.2 Å². The lowest BCUT2D eigenvalue weighted by molar-refractivity contribution is -0.146. The van der Waals surface area contributed by atoms with Crippen LogP contribution < -0.4 is 9.47 Å². The maximum absolute atomic E-state index is 12.6. The zero-order valence-corrected chi connectivity index (χ0v) is 17.1. The minimum atomic E-state index is -0.197. The van der Waals surface area contributed by atoms with Crippen molar-refractivity contribution in [2.24, 2.45) is 11.3 Å². The Morgan fingerprint density at radius 3 is 2.33 bits per heavy atom. The van der Waals surface area contributed by atoms with Crippen LogP contribution in [0, 0.1) is 11.3 Å². The summed E-state index contributed by atoms with van der Waals surface area (Å²) in [4.78, 5) is 12.6. The van der Waals surface area contributed by atoms with Crippen LogP contribution in [0.4, 0.5) is 0 Å². The highest BCUT2D eigenvalue weighted by atomic mass is 16.7. The third-order valence-corrected chi connectivity index (χ3v) is 5.92. The van der Waals surface area contributed by atoms with E-state index >= 15 is 0 Å². The number of esters is 1. The fourth-order valence-corrected chi connectivity index (χ4v) is 4.43. The van der Waals surface area contributed by atoms with Gasteiger partial charge in [0.2, 0.25) is 0 Å². The summed E-state index contributed by atoms with van der Waals surface area (Å²) in [5.41, 5.74) is 0.987. The molecule has 0 saturated heterocycles. The molecule has 6 nitrogen and oxygen atoms in total. The van der Waals surface area contributed by atoms with Gasteiger partial charge in [-0.2, -0.15) is 0 Å². The van der Waals surface area contributed by atoms with Crippen LogP contribution in [0.15, 0.2) is 18.2 Å². The molecular weight excluding hydrogens is 348 g/mol. The second-order valence-electron chi connectivity index (χ2n) is 7.02. The minimum Gasteiger partial charge on any atom is -0.469 e. The molecule has 27 heavy (non-hydrogen) atoms. The smallest absolute Gasteiger partial charge is 0.309 e. The Bertz CT molecular complexity index is 611. The fourth-order valence-electron chi connectivity index (χ4n) is 4.43. The van der Waals surface area contributed by atoms with Gasteiger partial charge >= 0.3 is 5.97 Å². The van der Waals surface area contributed by atoms with Crippen molar-refractivity contribution in [2.75, 3.05) is 34.9 Å². The molecule has 0 radical (unpaired) electrons. The summed E-state index contributed by atoms with van der Waals surface area (Å²) < 4.78 is 26.7. The van der Waals surface area contributed by atoms with E-state index in [2.05, 4.69) is 13.8 Å². The van der Waals surface area contributed by atoms with E-state index in [1.165, 1.54) is 7.11 Å². The molecule has 1 aliphatic rings. The summed E-state index contributed by atoms with van der Waals surface area (Å²) in [6, 6.07) is 5.69. The van der Waals surface area contributed by atoms with Crippen LogP contribution in [-0.4, -0.2) is 40.9 Å².